The molecule has 98 valence electrons. The highest BCUT2D eigenvalue weighted by Gasteiger charge is 2.09. The predicted molar refractivity (Wildman–Crippen MR) is 66.2 cm³/mol. The van der Waals surface area contributed by atoms with Crippen LogP contribution >= 0.6 is 0 Å². The van der Waals surface area contributed by atoms with Crippen LogP contribution in [0.1, 0.15) is 0 Å². The molecule has 0 fully saturated rings. The summed E-state index contributed by atoms with van der Waals surface area (Å²) in [5.74, 6) is 0.645. The fourth-order valence-corrected chi connectivity index (χ4v) is 1.36. The highest BCUT2D eigenvalue weighted by Crippen LogP contribution is 2.25. The van der Waals surface area contributed by atoms with Crippen LogP contribution in [0, 0.1) is 10.1 Å². The zero-order chi connectivity index (χ0) is 13.8. The molecule has 0 bridgehead atoms. The SMILES string of the molecule is COc1cc(Oc2cccc([N+](=O)[O-])c2)nc(N)n1. The number of nitrogens with zero attached hydrogens (tertiary/aromatic N) is 3. The summed E-state index contributed by atoms with van der Waals surface area (Å²) in [6.45, 7) is 0. The number of nitrogens with two attached hydrogens (primary N) is 1. The number of ether oxygens (including phenoxy) is 2. The second kappa shape index (κ2) is 5.17. The molecule has 1 aromatic carbocycles. The highest BCUT2D eigenvalue weighted by atomic mass is 16.6. The normalized spacial score (nSPS) is 9.95. The molecule has 0 saturated heterocycles. The Morgan fingerprint density at radius 1 is 1.26 bits per heavy atom. The first-order chi connectivity index (χ1) is 9.08. The monoisotopic (exact) mass is 262 g/mol. The molecular weight excluding hydrogens is 252 g/mol. The van der Waals surface area contributed by atoms with Crippen molar-refractivity contribution in [3.05, 3.63) is 40.4 Å². The van der Waals surface area contributed by atoms with Gasteiger partial charge in [-0.3, -0.25) is 10.1 Å². The van der Waals surface area contributed by atoms with E-state index in [-0.39, 0.29) is 29.1 Å². The first-order valence-electron chi connectivity index (χ1n) is 5.19. The molecule has 0 saturated carbocycles. The largest absolute Gasteiger partial charge is 0.481 e. The summed E-state index contributed by atoms with van der Waals surface area (Å²) in [5, 5.41) is 10.6. The molecule has 2 N–H and O–H groups in total. The van der Waals surface area contributed by atoms with Gasteiger partial charge in [-0.15, -0.1) is 0 Å². The number of methoxy groups -OCH3 is 1. The number of hydrogen-bond acceptors (Lipinski definition) is 7. The molecule has 0 unspecified atom stereocenters. The molecule has 8 nitrogen and oxygen atoms in total. The molecule has 0 amide bonds. The first-order valence-corrected chi connectivity index (χ1v) is 5.19. The molecule has 19 heavy (non-hydrogen) atoms. The fourth-order valence-electron chi connectivity index (χ4n) is 1.36. The maximum absolute atomic E-state index is 10.6. The van der Waals surface area contributed by atoms with Gasteiger partial charge in [0.1, 0.15) is 5.75 Å². The molecule has 1 heterocycles. The lowest BCUT2D eigenvalue weighted by Gasteiger charge is -2.06. The molecule has 2 rings (SSSR count). The maximum Gasteiger partial charge on any atom is 0.273 e. The van der Waals surface area contributed by atoms with Gasteiger partial charge in [-0.25, -0.2) is 0 Å². The number of rotatable bonds is 4. The van der Waals surface area contributed by atoms with Crippen molar-refractivity contribution in [3.8, 4) is 17.5 Å². The number of nitro groups is 1. The lowest BCUT2D eigenvalue weighted by Crippen LogP contribution is -1.99. The Labute approximate surface area is 108 Å². The smallest absolute Gasteiger partial charge is 0.273 e. The Balaban J connectivity index is 2.28. The molecule has 0 spiro atoms. The van der Waals surface area contributed by atoms with Crippen molar-refractivity contribution in [2.24, 2.45) is 0 Å². The predicted octanol–water partition coefficient (Wildman–Crippen LogP) is 1.77. The molecule has 0 radical (unpaired) electrons. The van der Waals surface area contributed by atoms with E-state index in [0.29, 0.717) is 0 Å². The number of aromatic nitrogens is 2. The first kappa shape index (κ1) is 12.6. The van der Waals surface area contributed by atoms with Crippen LogP contribution in [0.4, 0.5) is 11.6 Å². The van der Waals surface area contributed by atoms with Gasteiger partial charge >= 0.3 is 0 Å². The summed E-state index contributed by atoms with van der Waals surface area (Å²) in [6.07, 6.45) is 0. The van der Waals surface area contributed by atoms with Crippen molar-refractivity contribution in [2.75, 3.05) is 12.8 Å². The number of benzene rings is 1. The van der Waals surface area contributed by atoms with E-state index in [1.807, 2.05) is 0 Å². The minimum Gasteiger partial charge on any atom is -0.481 e. The third-order valence-corrected chi connectivity index (χ3v) is 2.16. The van der Waals surface area contributed by atoms with E-state index in [1.54, 1.807) is 6.07 Å². The minimum absolute atomic E-state index is 0.0141. The number of nitrogen functional groups attached to an aromatic ring is 1. The molecule has 0 atom stereocenters. The van der Waals surface area contributed by atoms with Crippen LogP contribution in [0.5, 0.6) is 17.5 Å². The standard InChI is InChI=1S/C11H10N4O4/c1-18-9-6-10(14-11(12)13-9)19-8-4-2-3-7(5-8)15(16)17/h2-6H,1H3,(H2,12,13,14). The van der Waals surface area contributed by atoms with Crippen molar-refractivity contribution >= 4 is 11.6 Å². The Bertz CT molecular complexity index is 617. The van der Waals surface area contributed by atoms with Crippen molar-refractivity contribution in [1.82, 2.24) is 9.97 Å². The van der Waals surface area contributed by atoms with Crippen LogP contribution in [-0.2, 0) is 0 Å². The van der Waals surface area contributed by atoms with E-state index in [2.05, 4.69) is 9.97 Å². The van der Waals surface area contributed by atoms with E-state index < -0.39 is 4.92 Å². The Morgan fingerprint density at radius 3 is 2.68 bits per heavy atom. The molecule has 0 aliphatic rings. The van der Waals surface area contributed by atoms with Gasteiger partial charge in [-0.1, -0.05) is 6.07 Å². The van der Waals surface area contributed by atoms with Gasteiger partial charge in [0.2, 0.25) is 17.7 Å². The lowest BCUT2D eigenvalue weighted by atomic mass is 10.3. The number of hydrogen-bond donors (Lipinski definition) is 1. The summed E-state index contributed by atoms with van der Waals surface area (Å²) in [5.41, 5.74) is 5.40. The number of anilines is 1. The van der Waals surface area contributed by atoms with Crippen molar-refractivity contribution in [1.29, 1.82) is 0 Å². The molecule has 2 aromatic rings. The van der Waals surface area contributed by atoms with E-state index in [4.69, 9.17) is 15.2 Å². The van der Waals surface area contributed by atoms with Gasteiger partial charge in [-0.2, -0.15) is 9.97 Å². The zero-order valence-electron chi connectivity index (χ0n) is 9.94. The number of non-ortho nitro benzene ring substituents is 1. The van der Waals surface area contributed by atoms with Gasteiger partial charge in [0, 0.05) is 6.07 Å². The van der Waals surface area contributed by atoms with Crippen LogP contribution in [-0.4, -0.2) is 22.0 Å². The lowest BCUT2D eigenvalue weighted by molar-refractivity contribution is -0.384. The fraction of sp³-hybridized carbons (Fsp3) is 0.0909. The summed E-state index contributed by atoms with van der Waals surface area (Å²) in [7, 11) is 1.43. The van der Waals surface area contributed by atoms with E-state index in [0.717, 1.165) is 0 Å². The molecular formula is C11H10N4O4. The van der Waals surface area contributed by atoms with Crippen molar-refractivity contribution in [2.45, 2.75) is 0 Å². The van der Waals surface area contributed by atoms with Gasteiger partial charge < -0.3 is 15.2 Å². The van der Waals surface area contributed by atoms with Crippen LogP contribution in [0.15, 0.2) is 30.3 Å². The average molecular weight is 262 g/mol. The quantitative estimate of drug-likeness (QED) is 0.659. The Hall–Kier alpha value is -2.90. The van der Waals surface area contributed by atoms with Crippen LogP contribution < -0.4 is 15.2 Å². The third-order valence-electron chi connectivity index (χ3n) is 2.16. The Morgan fingerprint density at radius 2 is 2.00 bits per heavy atom. The Kier molecular flexibility index (Phi) is 3.42. The third kappa shape index (κ3) is 3.06. The van der Waals surface area contributed by atoms with Gasteiger partial charge in [0.05, 0.1) is 24.2 Å². The van der Waals surface area contributed by atoms with Gasteiger partial charge in [0.15, 0.2) is 0 Å². The summed E-state index contributed by atoms with van der Waals surface area (Å²) < 4.78 is 10.3. The topological polar surface area (TPSA) is 113 Å². The molecule has 0 aliphatic carbocycles. The van der Waals surface area contributed by atoms with E-state index in [9.17, 15) is 10.1 Å². The van der Waals surface area contributed by atoms with Crippen LogP contribution in [0.2, 0.25) is 0 Å². The van der Waals surface area contributed by atoms with E-state index >= 15 is 0 Å². The molecule has 0 aliphatic heterocycles. The van der Waals surface area contributed by atoms with Crippen molar-refractivity contribution < 1.29 is 14.4 Å². The highest BCUT2D eigenvalue weighted by molar-refractivity contribution is 5.40. The average Bonchev–Trinajstić information content (AvgIpc) is 2.38. The minimum atomic E-state index is -0.512. The second-order valence-corrected chi connectivity index (χ2v) is 3.46. The van der Waals surface area contributed by atoms with Gasteiger partial charge in [-0.05, 0) is 6.07 Å². The van der Waals surface area contributed by atoms with Crippen LogP contribution in [0.25, 0.3) is 0 Å². The van der Waals surface area contributed by atoms with Gasteiger partial charge in [0.25, 0.3) is 5.69 Å². The van der Waals surface area contributed by atoms with E-state index in [1.165, 1.54) is 31.4 Å². The van der Waals surface area contributed by atoms with Crippen LogP contribution in [0.3, 0.4) is 0 Å². The summed E-state index contributed by atoms with van der Waals surface area (Å²) >= 11 is 0. The summed E-state index contributed by atoms with van der Waals surface area (Å²) in [4.78, 5) is 17.8. The maximum atomic E-state index is 10.6. The second-order valence-electron chi connectivity index (χ2n) is 3.46. The molecule has 8 heteroatoms. The molecule has 1 aromatic heterocycles. The zero-order valence-corrected chi connectivity index (χ0v) is 9.94. The number of nitro benzene ring substituents is 1. The summed E-state index contributed by atoms with van der Waals surface area (Å²) in [6, 6.07) is 7.15. The van der Waals surface area contributed by atoms with Crippen molar-refractivity contribution in [3.63, 3.8) is 0 Å².